The lowest BCUT2D eigenvalue weighted by atomic mass is 9.99. The third kappa shape index (κ3) is 8.11. The Balaban J connectivity index is 1.57. The highest BCUT2D eigenvalue weighted by Gasteiger charge is 2.43. The number of aryl methyl sites for hydroxylation is 2. The van der Waals surface area contributed by atoms with Gasteiger partial charge in [0.25, 0.3) is 11.8 Å². The zero-order valence-electron chi connectivity index (χ0n) is 27.9. The highest BCUT2D eigenvalue weighted by Crippen LogP contribution is 2.33. The van der Waals surface area contributed by atoms with Crippen LogP contribution in [0.1, 0.15) is 52.4 Å². The van der Waals surface area contributed by atoms with Crippen molar-refractivity contribution in [1.82, 2.24) is 14.4 Å². The first-order valence-electron chi connectivity index (χ1n) is 16.0. The monoisotopic (exact) mass is 688 g/mol. The van der Waals surface area contributed by atoms with E-state index < -0.39 is 45.6 Å². The van der Waals surface area contributed by atoms with Gasteiger partial charge in [-0.1, -0.05) is 66.0 Å². The lowest BCUT2D eigenvalue weighted by Gasteiger charge is -2.35. The number of hydrogen-bond acceptors (Lipinski definition) is 9. The van der Waals surface area contributed by atoms with E-state index in [9.17, 15) is 22.8 Å². The largest absolute Gasteiger partial charge is 0.454 e. The fourth-order valence-corrected chi connectivity index (χ4v) is 7.69. The first-order valence-corrected chi connectivity index (χ1v) is 17.6. The maximum atomic E-state index is 14.8. The molecule has 1 aliphatic rings. The quantitative estimate of drug-likeness (QED) is 0.202. The van der Waals surface area contributed by atoms with Gasteiger partial charge < -0.3 is 24.6 Å². The Bertz CT molecular complexity index is 1910. The van der Waals surface area contributed by atoms with E-state index in [4.69, 9.17) is 19.7 Å². The number of carbonyl (C=O) groups excluding carboxylic acids is 3. The van der Waals surface area contributed by atoms with Crippen LogP contribution in [0.4, 0.5) is 0 Å². The van der Waals surface area contributed by atoms with Gasteiger partial charge in [0, 0.05) is 37.1 Å². The van der Waals surface area contributed by atoms with Gasteiger partial charge in [-0.25, -0.2) is 12.7 Å². The van der Waals surface area contributed by atoms with E-state index in [-0.39, 0.29) is 26.1 Å². The molecule has 49 heavy (non-hydrogen) atoms. The normalized spacial score (nSPS) is 13.5. The standard InChI is InChI=1S/C36H40N4O8S/c1-5-6-15-49(44,45)40(29(34(37)41)20-26-9-12-32-33(21-26)47-22-46-32)36(43)30(39(4)35(42)28-17-23(2)16-24(3)18-28)19-25-7-10-27(11-8-25)31-13-14-38-48-31/h7-14,16-18,21,29-30H,5-6,15,19-20,22H2,1-4H3,(H2,37,41)/t29-,30-/m0/s1. The molecule has 1 aromatic heterocycles. The summed E-state index contributed by atoms with van der Waals surface area (Å²) in [6, 6.07) is 16.2. The molecular weight excluding hydrogens is 648 g/mol. The molecule has 0 bridgehead atoms. The number of benzene rings is 3. The van der Waals surface area contributed by atoms with E-state index in [1.165, 1.54) is 18.1 Å². The first kappa shape index (κ1) is 35.1. The van der Waals surface area contributed by atoms with E-state index in [1.54, 1.807) is 60.7 Å². The molecule has 3 amide bonds. The predicted molar refractivity (Wildman–Crippen MR) is 182 cm³/mol. The average molecular weight is 689 g/mol. The minimum absolute atomic E-state index is 0.0237. The molecular formula is C36H40N4O8S. The molecule has 0 spiro atoms. The third-order valence-electron chi connectivity index (χ3n) is 8.40. The summed E-state index contributed by atoms with van der Waals surface area (Å²) in [7, 11) is -2.94. The van der Waals surface area contributed by atoms with Crippen LogP contribution in [0.3, 0.4) is 0 Å². The summed E-state index contributed by atoms with van der Waals surface area (Å²) >= 11 is 0. The zero-order chi connectivity index (χ0) is 35.3. The summed E-state index contributed by atoms with van der Waals surface area (Å²) in [4.78, 5) is 43.2. The lowest BCUT2D eigenvalue weighted by Crippen LogP contribution is -2.59. The van der Waals surface area contributed by atoms with Crippen molar-refractivity contribution in [3.63, 3.8) is 0 Å². The number of unbranched alkanes of at least 4 members (excludes halogenated alkanes) is 1. The van der Waals surface area contributed by atoms with Crippen LogP contribution in [0.25, 0.3) is 11.3 Å². The van der Waals surface area contributed by atoms with E-state index in [0.29, 0.717) is 44.7 Å². The lowest BCUT2D eigenvalue weighted by molar-refractivity contribution is -0.137. The number of rotatable bonds is 14. The van der Waals surface area contributed by atoms with Crippen LogP contribution in [0, 0.1) is 13.8 Å². The molecule has 0 fully saturated rings. The molecule has 0 radical (unpaired) electrons. The van der Waals surface area contributed by atoms with Crippen molar-refractivity contribution in [2.24, 2.45) is 5.73 Å². The van der Waals surface area contributed by atoms with Crippen LogP contribution in [0.5, 0.6) is 11.5 Å². The highest BCUT2D eigenvalue weighted by molar-refractivity contribution is 7.89. The third-order valence-corrected chi connectivity index (χ3v) is 10.2. The fourth-order valence-electron chi connectivity index (χ4n) is 5.87. The van der Waals surface area contributed by atoms with Gasteiger partial charge in [0.15, 0.2) is 17.3 Å². The molecule has 3 aromatic carbocycles. The van der Waals surface area contributed by atoms with Crippen molar-refractivity contribution < 1.29 is 36.8 Å². The summed E-state index contributed by atoms with van der Waals surface area (Å²) in [5, 5.41) is 3.74. The van der Waals surface area contributed by atoms with Crippen LogP contribution in [0.2, 0.25) is 0 Å². The molecule has 0 unspecified atom stereocenters. The molecule has 258 valence electrons. The van der Waals surface area contributed by atoms with Crippen molar-refractivity contribution in [2.75, 3.05) is 19.6 Å². The number of amides is 3. The maximum absolute atomic E-state index is 14.8. The number of primary amides is 1. The SMILES string of the molecule is CCCCS(=O)(=O)N(C(=O)[C@H](Cc1ccc(-c2ccno2)cc1)N(C)C(=O)c1cc(C)cc(C)c1)[C@@H](Cc1ccc2c(c1)OCO2)C(N)=O. The number of fused-ring (bicyclic) bond motifs is 1. The number of nitrogens with zero attached hydrogens (tertiary/aromatic N) is 3. The van der Waals surface area contributed by atoms with Crippen molar-refractivity contribution >= 4 is 27.7 Å². The Kier molecular flexibility index (Phi) is 10.7. The number of likely N-dealkylation sites (N-methyl/N-ethyl adjacent to an activating group) is 1. The minimum atomic E-state index is -4.40. The number of ether oxygens (including phenoxy) is 2. The molecule has 1 aliphatic heterocycles. The van der Waals surface area contributed by atoms with Gasteiger partial charge in [0.1, 0.15) is 12.1 Å². The maximum Gasteiger partial charge on any atom is 0.259 e. The van der Waals surface area contributed by atoms with Gasteiger partial charge in [0.2, 0.25) is 22.7 Å². The second-order valence-corrected chi connectivity index (χ2v) is 14.2. The Hall–Kier alpha value is -5.17. The van der Waals surface area contributed by atoms with Crippen LogP contribution in [-0.4, -0.2) is 72.2 Å². The number of hydrogen-bond donors (Lipinski definition) is 1. The van der Waals surface area contributed by atoms with Crippen LogP contribution in [0.15, 0.2) is 77.4 Å². The second-order valence-electron chi connectivity index (χ2n) is 12.2. The summed E-state index contributed by atoms with van der Waals surface area (Å²) in [5.41, 5.74) is 9.82. The van der Waals surface area contributed by atoms with Crippen LogP contribution in [-0.2, 0) is 32.5 Å². The molecule has 2 N–H and O–H groups in total. The van der Waals surface area contributed by atoms with Gasteiger partial charge in [-0.2, -0.15) is 0 Å². The van der Waals surface area contributed by atoms with Gasteiger partial charge in [0.05, 0.1) is 11.9 Å². The zero-order valence-corrected chi connectivity index (χ0v) is 28.7. The Morgan fingerprint density at radius 2 is 1.53 bits per heavy atom. The summed E-state index contributed by atoms with van der Waals surface area (Å²) in [6.45, 7) is 5.56. The van der Waals surface area contributed by atoms with Gasteiger partial charge >= 0.3 is 0 Å². The number of nitrogens with two attached hydrogens (primary N) is 1. The smallest absolute Gasteiger partial charge is 0.259 e. The molecule has 13 heteroatoms. The fraction of sp³-hybridized carbons (Fsp3) is 0.333. The molecule has 2 atom stereocenters. The van der Waals surface area contributed by atoms with Crippen molar-refractivity contribution in [3.05, 3.63) is 101 Å². The minimum Gasteiger partial charge on any atom is -0.454 e. The van der Waals surface area contributed by atoms with E-state index >= 15 is 0 Å². The number of carbonyl (C=O) groups is 3. The Morgan fingerprint density at radius 1 is 0.878 bits per heavy atom. The van der Waals surface area contributed by atoms with Crippen molar-refractivity contribution in [1.29, 1.82) is 0 Å². The molecule has 4 aromatic rings. The summed E-state index contributed by atoms with van der Waals surface area (Å²) in [6.07, 6.45) is 2.02. The predicted octanol–water partition coefficient (Wildman–Crippen LogP) is 4.43. The molecule has 12 nitrogen and oxygen atoms in total. The first-order chi connectivity index (χ1) is 23.4. The van der Waals surface area contributed by atoms with Gasteiger partial charge in [-0.05, 0) is 55.7 Å². The van der Waals surface area contributed by atoms with E-state index in [1.807, 2.05) is 26.8 Å². The second kappa shape index (κ2) is 14.9. The molecule has 2 heterocycles. The number of aromatic nitrogens is 1. The average Bonchev–Trinajstić information content (AvgIpc) is 3.78. The molecule has 0 saturated heterocycles. The van der Waals surface area contributed by atoms with Gasteiger partial charge in [-0.15, -0.1) is 0 Å². The molecule has 5 rings (SSSR count). The Labute approximate surface area is 285 Å². The number of sulfonamides is 1. The van der Waals surface area contributed by atoms with E-state index in [0.717, 1.165) is 16.7 Å². The molecule has 0 aliphatic carbocycles. The van der Waals surface area contributed by atoms with E-state index in [2.05, 4.69) is 5.16 Å². The van der Waals surface area contributed by atoms with Crippen molar-refractivity contribution in [3.8, 4) is 22.8 Å². The topological polar surface area (TPSA) is 162 Å². The molecule has 0 saturated carbocycles. The van der Waals surface area contributed by atoms with Gasteiger partial charge in [-0.3, -0.25) is 14.4 Å². The van der Waals surface area contributed by atoms with Crippen LogP contribution < -0.4 is 15.2 Å². The van der Waals surface area contributed by atoms with Crippen molar-refractivity contribution in [2.45, 2.75) is 58.5 Å². The van der Waals surface area contributed by atoms with Crippen LogP contribution >= 0.6 is 0 Å². The summed E-state index contributed by atoms with van der Waals surface area (Å²) < 4.78 is 44.9. The summed E-state index contributed by atoms with van der Waals surface area (Å²) in [5.74, 6) is -1.36. The Morgan fingerprint density at radius 3 is 2.16 bits per heavy atom. The highest BCUT2D eigenvalue weighted by atomic mass is 32.2.